The van der Waals surface area contributed by atoms with E-state index in [1.807, 2.05) is 0 Å². The molecule has 3 nitrogen and oxygen atoms in total. The maximum atomic E-state index is 13.8. The summed E-state index contributed by atoms with van der Waals surface area (Å²) < 4.78 is 32.5. The van der Waals surface area contributed by atoms with Crippen LogP contribution in [0.5, 0.6) is 0 Å². The van der Waals surface area contributed by atoms with Crippen molar-refractivity contribution in [3.63, 3.8) is 0 Å². The summed E-state index contributed by atoms with van der Waals surface area (Å²) in [6, 6.07) is 3.08. The maximum absolute atomic E-state index is 13.8. The first kappa shape index (κ1) is 14.4. The quantitative estimate of drug-likeness (QED) is 0.839. The molecule has 1 aliphatic heterocycles. The molecule has 5 heteroatoms. The van der Waals surface area contributed by atoms with Crippen molar-refractivity contribution in [1.82, 2.24) is 4.90 Å². The Morgan fingerprint density at radius 2 is 2.10 bits per heavy atom. The van der Waals surface area contributed by atoms with E-state index in [-0.39, 0.29) is 23.1 Å². The minimum absolute atomic E-state index is 0.0157. The number of carbonyl (C=O) groups is 1. The van der Waals surface area contributed by atoms with Crippen LogP contribution < -0.4 is 0 Å². The molecule has 3 rings (SSSR count). The molecule has 0 N–H and O–H groups in total. The molecule has 1 amide bonds. The molecule has 1 aromatic carbocycles. The van der Waals surface area contributed by atoms with Gasteiger partial charge in [-0.1, -0.05) is 13.8 Å². The Bertz CT molecular complexity index is 588. The average molecular weight is 295 g/mol. The van der Waals surface area contributed by atoms with Gasteiger partial charge in [-0.3, -0.25) is 4.79 Å². The van der Waals surface area contributed by atoms with Gasteiger partial charge in [-0.25, -0.2) is 8.78 Å². The number of halogens is 2. The molecule has 1 aliphatic carbocycles. The number of rotatable bonds is 2. The average Bonchev–Trinajstić information content (AvgIpc) is 2.84. The van der Waals surface area contributed by atoms with Crippen LogP contribution >= 0.6 is 0 Å². The molecule has 2 fully saturated rings. The second-order valence-electron chi connectivity index (χ2n) is 6.55. The van der Waals surface area contributed by atoms with E-state index in [0.717, 1.165) is 18.6 Å². The molecule has 21 heavy (non-hydrogen) atoms. The fourth-order valence-electron chi connectivity index (χ4n) is 4.06. The van der Waals surface area contributed by atoms with Crippen molar-refractivity contribution in [2.75, 3.05) is 13.7 Å². The molecule has 0 bridgehead atoms. The van der Waals surface area contributed by atoms with Crippen molar-refractivity contribution in [1.29, 1.82) is 0 Å². The summed E-state index contributed by atoms with van der Waals surface area (Å²) in [5.74, 6) is -1.60. The summed E-state index contributed by atoms with van der Waals surface area (Å²) in [6.45, 7) is 4.84. The monoisotopic (exact) mass is 295 g/mol. The lowest BCUT2D eigenvalue weighted by Crippen LogP contribution is -2.66. The van der Waals surface area contributed by atoms with Gasteiger partial charge >= 0.3 is 0 Å². The molecule has 1 saturated heterocycles. The number of nitrogens with zero attached hydrogens (tertiary/aromatic N) is 1. The van der Waals surface area contributed by atoms with Crippen LogP contribution in [0, 0.1) is 23.0 Å². The van der Waals surface area contributed by atoms with Crippen molar-refractivity contribution in [3.05, 3.63) is 35.4 Å². The van der Waals surface area contributed by atoms with Crippen LogP contribution in [-0.2, 0) is 4.74 Å². The smallest absolute Gasteiger partial charge is 0.256 e. The molecule has 0 aromatic heterocycles. The summed E-state index contributed by atoms with van der Waals surface area (Å²) in [5, 5.41) is 0. The van der Waals surface area contributed by atoms with Crippen LogP contribution in [0.3, 0.4) is 0 Å². The van der Waals surface area contributed by atoms with E-state index in [1.54, 1.807) is 11.9 Å². The summed E-state index contributed by atoms with van der Waals surface area (Å²) in [4.78, 5) is 14.1. The van der Waals surface area contributed by atoms with Crippen LogP contribution in [-0.4, -0.2) is 36.6 Å². The minimum Gasteiger partial charge on any atom is -0.377 e. The van der Waals surface area contributed by atoms with Crippen LogP contribution in [0.4, 0.5) is 8.78 Å². The van der Waals surface area contributed by atoms with Crippen LogP contribution in [0.15, 0.2) is 18.2 Å². The molecule has 3 atom stereocenters. The highest BCUT2D eigenvalue weighted by Crippen LogP contribution is 2.54. The zero-order valence-corrected chi connectivity index (χ0v) is 12.4. The van der Waals surface area contributed by atoms with E-state index >= 15 is 0 Å². The van der Waals surface area contributed by atoms with Gasteiger partial charge in [0.25, 0.3) is 5.91 Å². The van der Waals surface area contributed by atoms with Gasteiger partial charge in [-0.15, -0.1) is 0 Å². The predicted octanol–water partition coefficient (Wildman–Crippen LogP) is 2.85. The molecule has 1 saturated carbocycles. The van der Waals surface area contributed by atoms with Crippen molar-refractivity contribution in [2.24, 2.45) is 11.3 Å². The molecule has 0 radical (unpaired) electrons. The Kier molecular flexibility index (Phi) is 3.28. The van der Waals surface area contributed by atoms with Crippen LogP contribution in [0.25, 0.3) is 0 Å². The molecule has 2 aliphatic rings. The molecule has 1 heterocycles. The van der Waals surface area contributed by atoms with E-state index in [4.69, 9.17) is 4.74 Å². The molecule has 114 valence electrons. The number of amides is 1. The lowest BCUT2D eigenvalue weighted by Gasteiger charge is -2.57. The normalized spacial score (nSPS) is 29.7. The zero-order valence-electron chi connectivity index (χ0n) is 12.4. The number of fused-ring (bicyclic) bond motifs is 1. The highest BCUT2D eigenvalue weighted by atomic mass is 19.1. The lowest BCUT2D eigenvalue weighted by molar-refractivity contribution is -0.139. The Balaban J connectivity index is 1.85. The van der Waals surface area contributed by atoms with Gasteiger partial charge in [0.15, 0.2) is 0 Å². The van der Waals surface area contributed by atoms with E-state index in [9.17, 15) is 13.6 Å². The van der Waals surface area contributed by atoms with Gasteiger partial charge in [-0.05, 0) is 18.6 Å². The third kappa shape index (κ3) is 2.06. The van der Waals surface area contributed by atoms with Crippen LogP contribution in [0.2, 0.25) is 0 Å². The highest BCUT2D eigenvalue weighted by Gasteiger charge is 2.61. The molecule has 3 unspecified atom stereocenters. The number of carbonyl (C=O) groups excluding carboxylic acids is 1. The standard InChI is InChI=1S/C16H19F2NO2/c1-16(2)13(11-6-7-21-14(11)16)19(3)15(20)10-5-4-9(17)8-12(10)18/h4-5,8,11,13-14H,6-7H2,1-3H3. The fourth-order valence-corrected chi connectivity index (χ4v) is 4.06. The first-order valence-electron chi connectivity index (χ1n) is 7.18. The molecular formula is C16H19F2NO2. The van der Waals surface area contributed by atoms with Gasteiger partial charge in [0.05, 0.1) is 11.7 Å². The Labute approximate surface area is 122 Å². The van der Waals surface area contributed by atoms with E-state index in [2.05, 4.69) is 13.8 Å². The number of hydrogen-bond donors (Lipinski definition) is 0. The number of ether oxygens (including phenoxy) is 1. The first-order valence-corrected chi connectivity index (χ1v) is 7.18. The van der Waals surface area contributed by atoms with Gasteiger partial charge < -0.3 is 9.64 Å². The second-order valence-corrected chi connectivity index (χ2v) is 6.55. The fraction of sp³-hybridized carbons (Fsp3) is 0.562. The lowest BCUT2D eigenvalue weighted by atomic mass is 9.56. The largest absolute Gasteiger partial charge is 0.377 e. The zero-order chi connectivity index (χ0) is 15.4. The van der Waals surface area contributed by atoms with Crippen molar-refractivity contribution in [3.8, 4) is 0 Å². The van der Waals surface area contributed by atoms with Crippen molar-refractivity contribution >= 4 is 5.91 Å². The predicted molar refractivity (Wildman–Crippen MR) is 73.9 cm³/mol. The Morgan fingerprint density at radius 3 is 2.76 bits per heavy atom. The topological polar surface area (TPSA) is 29.5 Å². The van der Waals surface area contributed by atoms with Gasteiger partial charge in [-0.2, -0.15) is 0 Å². The summed E-state index contributed by atoms with van der Waals surface area (Å²) in [7, 11) is 1.69. The Morgan fingerprint density at radius 1 is 1.38 bits per heavy atom. The maximum Gasteiger partial charge on any atom is 0.256 e. The Hall–Kier alpha value is -1.49. The third-order valence-corrected chi connectivity index (χ3v) is 4.94. The van der Waals surface area contributed by atoms with E-state index in [0.29, 0.717) is 12.5 Å². The molecule has 1 aromatic rings. The van der Waals surface area contributed by atoms with E-state index < -0.39 is 17.5 Å². The third-order valence-electron chi connectivity index (χ3n) is 4.94. The number of hydrogen-bond acceptors (Lipinski definition) is 2. The van der Waals surface area contributed by atoms with Crippen molar-refractivity contribution < 1.29 is 18.3 Å². The van der Waals surface area contributed by atoms with Gasteiger partial charge in [0.1, 0.15) is 11.6 Å². The second kappa shape index (κ2) is 4.77. The SMILES string of the molecule is CN(C(=O)c1ccc(F)cc1F)C1C2CCOC2C1(C)C. The summed E-state index contributed by atoms with van der Waals surface area (Å²) in [6.07, 6.45) is 1.08. The van der Waals surface area contributed by atoms with E-state index in [1.165, 1.54) is 6.07 Å². The van der Waals surface area contributed by atoms with Crippen molar-refractivity contribution in [2.45, 2.75) is 32.4 Å². The summed E-state index contributed by atoms with van der Waals surface area (Å²) in [5.41, 5.74) is -0.237. The molecule has 0 spiro atoms. The van der Waals surface area contributed by atoms with Gasteiger partial charge in [0.2, 0.25) is 0 Å². The van der Waals surface area contributed by atoms with Crippen LogP contribution in [0.1, 0.15) is 30.6 Å². The molecular weight excluding hydrogens is 276 g/mol. The highest BCUT2D eigenvalue weighted by molar-refractivity contribution is 5.94. The minimum atomic E-state index is -0.816. The summed E-state index contributed by atoms with van der Waals surface area (Å²) >= 11 is 0. The van der Waals surface area contributed by atoms with Gasteiger partial charge in [0, 0.05) is 37.1 Å². The first-order chi connectivity index (χ1) is 9.84. The number of benzene rings is 1.